The second-order valence-corrected chi connectivity index (χ2v) is 4.08. The highest BCUT2D eigenvalue weighted by Gasteiger charge is 2.06. The van der Waals surface area contributed by atoms with Crippen LogP contribution < -0.4 is 20.6 Å². The van der Waals surface area contributed by atoms with Gasteiger partial charge in [-0.15, -0.1) is 5.10 Å². The second-order valence-electron chi connectivity index (χ2n) is 4.08. The number of methoxy groups -OCH3 is 2. The third-order valence-corrected chi connectivity index (χ3v) is 2.59. The molecule has 1 amide bonds. The number of amides is 1. The first-order valence-electron chi connectivity index (χ1n) is 6.19. The third-order valence-electron chi connectivity index (χ3n) is 2.59. The maximum atomic E-state index is 11.6. The van der Waals surface area contributed by atoms with Crippen LogP contribution in [-0.4, -0.2) is 46.5 Å². The van der Waals surface area contributed by atoms with Crippen molar-refractivity contribution < 1.29 is 14.3 Å². The molecule has 10 nitrogen and oxygen atoms in total. The van der Waals surface area contributed by atoms with Gasteiger partial charge in [0, 0.05) is 11.6 Å². The van der Waals surface area contributed by atoms with Gasteiger partial charge in [0.2, 0.25) is 0 Å². The van der Waals surface area contributed by atoms with E-state index in [-0.39, 0.29) is 12.5 Å². The maximum absolute atomic E-state index is 11.6. The fourth-order valence-electron chi connectivity index (χ4n) is 1.59. The van der Waals surface area contributed by atoms with E-state index in [2.05, 4.69) is 25.9 Å². The molecule has 0 fully saturated rings. The van der Waals surface area contributed by atoms with Gasteiger partial charge < -0.3 is 15.2 Å². The van der Waals surface area contributed by atoms with Crippen LogP contribution in [0.25, 0.3) is 0 Å². The van der Waals surface area contributed by atoms with Crippen LogP contribution in [0.1, 0.15) is 5.56 Å². The van der Waals surface area contributed by atoms with Crippen LogP contribution in [-0.2, 0) is 11.3 Å². The largest absolute Gasteiger partial charge is 0.497 e. The van der Waals surface area contributed by atoms with Gasteiger partial charge in [0.1, 0.15) is 18.0 Å². The van der Waals surface area contributed by atoms with Crippen molar-refractivity contribution >= 4 is 18.1 Å². The van der Waals surface area contributed by atoms with Crippen molar-refractivity contribution in [3.63, 3.8) is 0 Å². The zero-order valence-corrected chi connectivity index (χ0v) is 12.1. The molecule has 0 unspecified atom stereocenters. The average Bonchev–Trinajstić information content (AvgIpc) is 2.92. The molecule has 0 saturated carbocycles. The highest BCUT2D eigenvalue weighted by molar-refractivity contribution is 5.85. The van der Waals surface area contributed by atoms with E-state index in [1.165, 1.54) is 13.3 Å². The van der Waals surface area contributed by atoms with Gasteiger partial charge in [-0.2, -0.15) is 9.90 Å². The molecule has 0 atom stereocenters. The fourth-order valence-corrected chi connectivity index (χ4v) is 1.59. The summed E-state index contributed by atoms with van der Waals surface area (Å²) in [5.41, 5.74) is 8.32. The van der Waals surface area contributed by atoms with Crippen molar-refractivity contribution in [1.29, 1.82) is 0 Å². The lowest BCUT2D eigenvalue weighted by molar-refractivity contribution is -0.122. The summed E-state index contributed by atoms with van der Waals surface area (Å²) in [6.45, 7) is -0.138. The van der Waals surface area contributed by atoms with Crippen LogP contribution in [0.4, 0.5) is 5.95 Å². The monoisotopic (exact) mass is 305 g/mol. The Morgan fingerprint density at radius 1 is 1.45 bits per heavy atom. The number of ether oxygens (including phenoxy) is 2. The van der Waals surface area contributed by atoms with Gasteiger partial charge in [0.25, 0.3) is 11.9 Å². The summed E-state index contributed by atoms with van der Waals surface area (Å²) in [4.78, 5) is 12.7. The number of tetrazole rings is 1. The van der Waals surface area contributed by atoms with E-state index in [0.717, 1.165) is 4.80 Å². The topological polar surface area (TPSA) is 130 Å². The van der Waals surface area contributed by atoms with Gasteiger partial charge in [-0.1, -0.05) is 5.10 Å². The van der Waals surface area contributed by atoms with E-state index >= 15 is 0 Å². The van der Waals surface area contributed by atoms with Crippen molar-refractivity contribution in [2.24, 2.45) is 5.10 Å². The lowest BCUT2D eigenvalue weighted by Gasteiger charge is -2.06. The molecule has 0 bridgehead atoms. The number of nitrogens with zero attached hydrogens (tertiary/aromatic N) is 5. The first-order valence-corrected chi connectivity index (χ1v) is 6.19. The van der Waals surface area contributed by atoms with Crippen molar-refractivity contribution in [1.82, 2.24) is 25.6 Å². The summed E-state index contributed by atoms with van der Waals surface area (Å²) in [5, 5.41) is 14.6. The predicted octanol–water partition coefficient (Wildman–Crippen LogP) is -0.577. The summed E-state index contributed by atoms with van der Waals surface area (Å²) in [5.74, 6) is 0.816. The molecular weight excluding hydrogens is 290 g/mol. The minimum atomic E-state index is -0.416. The first-order chi connectivity index (χ1) is 10.6. The van der Waals surface area contributed by atoms with Gasteiger partial charge >= 0.3 is 0 Å². The Bertz CT molecular complexity index is 683. The zero-order valence-electron chi connectivity index (χ0n) is 12.1. The van der Waals surface area contributed by atoms with Gasteiger partial charge in [-0.25, -0.2) is 5.43 Å². The highest BCUT2D eigenvalue weighted by Crippen LogP contribution is 2.22. The van der Waals surface area contributed by atoms with Crippen LogP contribution in [0.2, 0.25) is 0 Å². The molecule has 1 aromatic carbocycles. The van der Waals surface area contributed by atoms with E-state index in [1.807, 2.05) is 0 Å². The Kier molecular flexibility index (Phi) is 4.85. The Morgan fingerprint density at radius 2 is 2.27 bits per heavy atom. The number of anilines is 1. The van der Waals surface area contributed by atoms with Crippen molar-refractivity contribution in [2.75, 3.05) is 20.0 Å². The standard InChI is InChI=1S/C12H15N7O3/c1-21-9-4-3-8(10(5-9)22-2)6-14-15-11(20)7-19-17-12(13)16-18-19/h3-6H,7H2,1-2H3,(H2,13,17)(H,15,20). The number of rotatable bonds is 6. The minimum Gasteiger partial charge on any atom is -0.497 e. The molecule has 22 heavy (non-hydrogen) atoms. The summed E-state index contributed by atoms with van der Waals surface area (Å²) in [7, 11) is 3.10. The number of carbonyl (C=O) groups is 1. The van der Waals surface area contributed by atoms with Crippen LogP contribution in [0.15, 0.2) is 23.3 Å². The fraction of sp³-hybridized carbons (Fsp3) is 0.250. The Balaban J connectivity index is 1.95. The van der Waals surface area contributed by atoms with Crippen LogP contribution >= 0.6 is 0 Å². The normalized spacial score (nSPS) is 10.6. The van der Waals surface area contributed by atoms with Crippen LogP contribution in [0.3, 0.4) is 0 Å². The highest BCUT2D eigenvalue weighted by atomic mass is 16.5. The lowest BCUT2D eigenvalue weighted by atomic mass is 10.2. The molecule has 2 rings (SSSR count). The Morgan fingerprint density at radius 3 is 2.91 bits per heavy atom. The molecule has 0 aliphatic heterocycles. The number of nitrogens with two attached hydrogens (primary N) is 1. The van der Waals surface area contributed by atoms with Gasteiger partial charge in [0.15, 0.2) is 0 Å². The van der Waals surface area contributed by atoms with Crippen LogP contribution in [0, 0.1) is 0 Å². The third kappa shape index (κ3) is 3.91. The molecule has 1 aromatic heterocycles. The summed E-state index contributed by atoms with van der Waals surface area (Å²) in [6.07, 6.45) is 1.46. The quantitative estimate of drug-likeness (QED) is 0.539. The van der Waals surface area contributed by atoms with Gasteiger partial charge in [-0.3, -0.25) is 4.79 Å². The summed E-state index contributed by atoms with van der Waals surface area (Å²) >= 11 is 0. The molecule has 0 aliphatic carbocycles. The Labute approximate surface area is 125 Å². The molecule has 3 N–H and O–H groups in total. The average molecular weight is 305 g/mol. The number of hydrazone groups is 1. The number of carbonyl (C=O) groups excluding carboxylic acids is 1. The molecule has 0 saturated heterocycles. The van der Waals surface area contributed by atoms with Gasteiger partial charge in [-0.05, 0) is 17.3 Å². The predicted molar refractivity (Wildman–Crippen MR) is 77.5 cm³/mol. The molecule has 1 heterocycles. The zero-order chi connectivity index (χ0) is 15.9. The second kappa shape index (κ2) is 7.02. The number of benzene rings is 1. The van der Waals surface area contributed by atoms with E-state index in [0.29, 0.717) is 17.1 Å². The SMILES string of the molecule is COc1ccc(C=NNC(=O)Cn2nnc(N)n2)c(OC)c1. The summed E-state index contributed by atoms with van der Waals surface area (Å²) in [6, 6.07) is 5.23. The van der Waals surface area contributed by atoms with E-state index in [1.54, 1.807) is 25.3 Å². The number of nitrogens with one attached hydrogen (secondary N) is 1. The molecule has 0 radical (unpaired) electrons. The number of aromatic nitrogens is 4. The minimum absolute atomic E-state index is 0.000675. The Hall–Kier alpha value is -3.17. The number of nitrogen functional groups attached to an aromatic ring is 1. The number of hydrogen-bond acceptors (Lipinski definition) is 8. The van der Waals surface area contributed by atoms with E-state index in [4.69, 9.17) is 15.2 Å². The molecule has 0 aliphatic rings. The first kappa shape index (κ1) is 15.2. The van der Waals surface area contributed by atoms with E-state index < -0.39 is 5.91 Å². The molecule has 116 valence electrons. The molecular formula is C12H15N7O3. The summed E-state index contributed by atoms with van der Waals surface area (Å²) < 4.78 is 10.3. The van der Waals surface area contributed by atoms with Crippen molar-refractivity contribution in [2.45, 2.75) is 6.54 Å². The maximum Gasteiger partial charge on any atom is 0.263 e. The molecule has 10 heteroatoms. The van der Waals surface area contributed by atoms with E-state index in [9.17, 15) is 4.79 Å². The smallest absolute Gasteiger partial charge is 0.263 e. The van der Waals surface area contributed by atoms with Crippen molar-refractivity contribution in [3.05, 3.63) is 23.8 Å². The van der Waals surface area contributed by atoms with Crippen molar-refractivity contribution in [3.8, 4) is 11.5 Å². The molecule has 2 aromatic rings. The van der Waals surface area contributed by atoms with Crippen LogP contribution in [0.5, 0.6) is 11.5 Å². The number of hydrogen-bond donors (Lipinski definition) is 2. The molecule has 0 spiro atoms. The lowest BCUT2D eigenvalue weighted by Crippen LogP contribution is -2.24. The van der Waals surface area contributed by atoms with Gasteiger partial charge in [0.05, 0.1) is 20.4 Å².